The third-order valence-corrected chi connectivity index (χ3v) is 8.30. The normalized spacial score (nSPS) is 14.8. The molecule has 0 radical (unpaired) electrons. The Kier molecular flexibility index (Phi) is 8.20. The molecule has 4 rings (SSSR count). The van der Waals surface area contributed by atoms with Gasteiger partial charge in [0.2, 0.25) is 0 Å². The van der Waals surface area contributed by atoms with Gasteiger partial charge in [-0.05, 0) is 73.4 Å². The molecule has 0 amide bonds. The van der Waals surface area contributed by atoms with E-state index in [9.17, 15) is 30.8 Å². The van der Waals surface area contributed by atoms with Crippen molar-refractivity contribution >= 4 is 27.2 Å². The van der Waals surface area contributed by atoms with Crippen molar-refractivity contribution in [3.63, 3.8) is 0 Å². The molecule has 11 heteroatoms. The Hall–Kier alpha value is -3.60. The monoisotopic (exact) mass is 564 g/mol. The Balaban J connectivity index is 1.63. The van der Waals surface area contributed by atoms with Crippen molar-refractivity contribution in [2.45, 2.75) is 37.3 Å². The van der Waals surface area contributed by atoms with E-state index < -0.39 is 33.3 Å². The summed E-state index contributed by atoms with van der Waals surface area (Å²) >= 11 is 0. The van der Waals surface area contributed by atoms with Crippen LogP contribution in [0.25, 0.3) is 0 Å². The molecule has 1 aliphatic heterocycles. The standard InChI is InChI=1S/C28H28F4N2O4S/c1-3-21-25(39(36,37)33-23-7-5-4-6-22(23)28(30,31)32)13-12-24(38-2)26(21)34-16-14-19(15-17-34)27(35)18-8-10-20(29)11-9-18/h4-13,19,33H,3,14-17H2,1-2H3. The summed E-state index contributed by atoms with van der Waals surface area (Å²) in [4.78, 5) is 14.7. The van der Waals surface area contributed by atoms with Gasteiger partial charge in [-0.3, -0.25) is 9.52 Å². The van der Waals surface area contributed by atoms with Crippen molar-refractivity contribution in [2.24, 2.45) is 5.92 Å². The Bertz CT molecular complexity index is 1450. The van der Waals surface area contributed by atoms with Gasteiger partial charge in [0.05, 0.1) is 28.9 Å². The average molecular weight is 565 g/mol. The van der Waals surface area contributed by atoms with Crippen molar-refractivity contribution in [3.05, 3.63) is 83.2 Å². The lowest BCUT2D eigenvalue weighted by Gasteiger charge is -2.35. The molecular weight excluding hydrogens is 536 g/mol. The Morgan fingerprint density at radius 2 is 1.67 bits per heavy atom. The molecule has 0 aliphatic carbocycles. The zero-order valence-corrected chi connectivity index (χ0v) is 22.2. The van der Waals surface area contributed by atoms with Gasteiger partial charge >= 0.3 is 6.18 Å². The minimum absolute atomic E-state index is 0.0822. The fraction of sp³-hybridized carbons (Fsp3) is 0.321. The predicted octanol–water partition coefficient (Wildman–Crippen LogP) is 6.32. The molecule has 0 bridgehead atoms. The van der Waals surface area contributed by atoms with Gasteiger partial charge in [-0.1, -0.05) is 19.1 Å². The lowest BCUT2D eigenvalue weighted by molar-refractivity contribution is -0.136. The van der Waals surface area contributed by atoms with Crippen LogP contribution in [0.4, 0.5) is 28.9 Å². The molecule has 39 heavy (non-hydrogen) atoms. The number of para-hydroxylation sites is 1. The summed E-state index contributed by atoms with van der Waals surface area (Å²) in [6.45, 7) is 2.61. The summed E-state index contributed by atoms with van der Waals surface area (Å²) in [6, 6.07) is 12.6. The summed E-state index contributed by atoms with van der Waals surface area (Å²) in [5, 5.41) is 0. The van der Waals surface area contributed by atoms with E-state index in [0.29, 0.717) is 48.5 Å². The zero-order chi connectivity index (χ0) is 28.4. The Morgan fingerprint density at radius 3 is 2.26 bits per heavy atom. The topological polar surface area (TPSA) is 75.7 Å². The lowest BCUT2D eigenvalue weighted by Crippen LogP contribution is -2.37. The number of carbonyl (C=O) groups excluding carboxylic acids is 1. The van der Waals surface area contributed by atoms with Crippen LogP contribution in [0.5, 0.6) is 5.75 Å². The molecule has 3 aromatic carbocycles. The van der Waals surface area contributed by atoms with Gasteiger partial charge in [0.1, 0.15) is 11.6 Å². The molecule has 1 N–H and O–H groups in total. The smallest absolute Gasteiger partial charge is 0.418 e. The molecule has 0 aromatic heterocycles. The second-order valence-corrected chi connectivity index (χ2v) is 10.9. The largest absolute Gasteiger partial charge is 0.495 e. The van der Waals surface area contributed by atoms with Crippen LogP contribution in [0.2, 0.25) is 0 Å². The first kappa shape index (κ1) is 28.4. The van der Waals surface area contributed by atoms with Crippen LogP contribution in [-0.2, 0) is 22.6 Å². The number of benzene rings is 3. The Morgan fingerprint density at radius 1 is 1.03 bits per heavy atom. The van der Waals surface area contributed by atoms with E-state index in [2.05, 4.69) is 4.72 Å². The van der Waals surface area contributed by atoms with Gasteiger partial charge in [0, 0.05) is 24.6 Å². The number of alkyl halides is 3. The van der Waals surface area contributed by atoms with Gasteiger partial charge in [0.25, 0.3) is 10.0 Å². The molecule has 1 heterocycles. The quantitative estimate of drug-likeness (QED) is 0.256. The van der Waals surface area contributed by atoms with Crippen LogP contribution in [-0.4, -0.2) is 34.4 Å². The molecule has 0 saturated carbocycles. The molecule has 208 valence electrons. The molecule has 0 spiro atoms. The molecule has 0 unspecified atom stereocenters. The highest BCUT2D eigenvalue weighted by molar-refractivity contribution is 7.92. The number of hydrogen-bond donors (Lipinski definition) is 1. The minimum atomic E-state index is -4.74. The van der Waals surface area contributed by atoms with Crippen LogP contribution in [0, 0.1) is 11.7 Å². The summed E-state index contributed by atoms with van der Waals surface area (Å²) in [5.41, 5.74) is -0.299. The highest BCUT2D eigenvalue weighted by atomic mass is 32.2. The molecule has 1 saturated heterocycles. The number of carbonyl (C=O) groups is 1. The molecule has 1 aliphatic rings. The highest BCUT2D eigenvalue weighted by Crippen LogP contribution is 2.41. The van der Waals surface area contributed by atoms with Crippen LogP contribution >= 0.6 is 0 Å². The number of sulfonamides is 1. The number of Topliss-reactive ketones (excluding diaryl/α,β-unsaturated/α-hetero) is 1. The zero-order valence-electron chi connectivity index (χ0n) is 21.4. The number of ether oxygens (including phenoxy) is 1. The summed E-state index contributed by atoms with van der Waals surface area (Å²) in [7, 11) is -2.95. The van der Waals surface area contributed by atoms with Crippen molar-refractivity contribution in [3.8, 4) is 5.75 Å². The van der Waals surface area contributed by atoms with Crippen molar-refractivity contribution < 1.29 is 35.5 Å². The number of rotatable bonds is 8. The van der Waals surface area contributed by atoms with Crippen LogP contribution < -0.4 is 14.4 Å². The first-order chi connectivity index (χ1) is 18.5. The SMILES string of the molecule is CCc1c(S(=O)(=O)Nc2ccccc2C(F)(F)F)ccc(OC)c1N1CCC(C(=O)c2ccc(F)cc2)CC1. The van der Waals surface area contributed by atoms with Gasteiger partial charge in [-0.25, -0.2) is 12.8 Å². The van der Waals surface area contributed by atoms with Crippen molar-refractivity contribution in [1.29, 1.82) is 0 Å². The average Bonchev–Trinajstić information content (AvgIpc) is 2.91. The first-order valence-corrected chi connectivity index (χ1v) is 13.9. The van der Waals surface area contributed by atoms with E-state index in [1.165, 1.54) is 55.6 Å². The second-order valence-electron chi connectivity index (χ2n) is 9.23. The van der Waals surface area contributed by atoms with Gasteiger partial charge in [0.15, 0.2) is 5.78 Å². The van der Waals surface area contributed by atoms with Crippen LogP contribution in [0.15, 0.2) is 65.6 Å². The fourth-order valence-electron chi connectivity index (χ4n) is 4.94. The molecular formula is C28H28F4N2O4S. The van der Waals surface area contributed by atoms with E-state index in [1.807, 2.05) is 4.90 Å². The fourth-order valence-corrected chi connectivity index (χ4v) is 6.33. The molecule has 6 nitrogen and oxygen atoms in total. The van der Waals surface area contributed by atoms with E-state index in [-0.39, 0.29) is 23.0 Å². The van der Waals surface area contributed by atoms with Gasteiger partial charge in [-0.2, -0.15) is 13.2 Å². The van der Waals surface area contributed by atoms with Gasteiger partial charge < -0.3 is 9.64 Å². The maximum atomic E-state index is 13.5. The van der Waals surface area contributed by atoms with E-state index in [0.717, 1.165) is 12.1 Å². The second kappa shape index (κ2) is 11.3. The number of piperidine rings is 1. The molecule has 0 atom stereocenters. The number of nitrogens with zero attached hydrogens (tertiary/aromatic N) is 1. The number of nitrogens with one attached hydrogen (secondary N) is 1. The summed E-state index contributed by atoms with van der Waals surface area (Å²) in [6.07, 6.45) is -3.51. The van der Waals surface area contributed by atoms with Crippen LogP contribution in [0.3, 0.4) is 0 Å². The number of ketones is 1. The third kappa shape index (κ3) is 6.03. The summed E-state index contributed by atoms with van der Waals surface area (Å²) in [5.74, 6) is -0.368. The number of anilines is 2. The number of halogens is 4. The predicted molar refractivity (Wildman–Crippen MR) is 140 cm³/mol. The third-order valence-electron chi connectivity index (χ3n) is 6.85. The van der Waals surface area contributed by atoms with Crippen molar-refractivity contribution in [2.75, 3.05) is 29.8 Å². The van der Waals surface area contributed by atoms with E-state index in [4.69, 9.17) is 4.74 Å². The maximum absolute atomic E-state index is 13.5. The first-order valence-electron chi connectivity index (χ1n) is 12.4. The minimum Gasteiger partial charge on any atom is -0.495 e. The Labute approximate surface area is 224 Å². The summed E-state index contributed by atoms with van der Waals surface area (Å²) < 4.78 is 88.2. The lowest BCUT2D eigenvalue weighted by atomic mass is 9.88. The van der Waals surface area contributed by atoms with E-state index >= 15 is 0 Å². The number of hydrogen-bond acceptors (Lipinski definition) is 5. The number of methoxy groups -OCH3 is 1. The maximum Gasteiger partial charge on any atom is 0.418 e. The van der Waals surface area contributed by atoms with E-state index in [1.54, 1.807) is 6.92 Å². The highest BCUT2D eigenvalue weighted by Gasteiger charge is 2.35. The van der Waals surface area contributed by atoms with Crippen molar-refractivity contribution in [1.82, 2.24) is 0 Å². The van der Waals surface area contributed by atoms with Crippen LogP contribution in [0.1, 0.15) is 41.3 Å². The molecule has 3 aromatic rings. The van der Waals surface area contributed by atoms with Gasteiger partial charge in [-0.15, -0.1) is 0 Å². The molecule has 1 fully saturated rings.